The van der Waals surface area contributed by atoms with E-state index in [1.807, 2.05) is 61.5 Å². The van der Waals surface area contributed by atoms with E-state index in [9.17, 15) is 14.4 Å². The number of carbonyl (C=O) groups is 3. The molecule has 3 amide bonds. The van der Waals surface area contributed by atoms with Crippen LogP contribution < -0.4 is 30.2 Å². The molecule has 5 aromatic carbocycles. The number of methoxy groups -OCH3 is 3. The van der Waals surface area contributed by atoms with Crippen LogP contribution in [0.1, 0.15) is 44.8 Å². The molecule has 5 rings (SSSR count). The maximum Gasteiger partial charge on any atom is 0.272 e. The average molecular weight is 716 g/mol. The van der Waals surface area contributed by atoms with Gasteiger partial charge in [-0.2, -0.15) is 0 Å². The number of ether oxygens (including phenoxy) is 3. The van der Waals surface area contributed by atoms with Gasteiger partial charge >= 0.3 is 0 Å². The summed E-state index contributed by atoms with van der Waals surface area (Å²) < 4.78 is 16.4. The Hall–Kier alpha value is -6.00. The Morgan fingerprint density at radius 1 is 0.750 bits per heavy atom. The second-order valence-electron chi connectivity index (χ2n) is 11.7. The molecule has 10 heteroatoms. The van der Waals surface area contributed by atoms with Crippen LogP contribution in [0, 0.1) is 6.92 Å². The van der Waals surface area contributed by atoms with E-state index in [0.29, 0.717) is 34.1 Å². The maximum absolute atomic E-state index is 13.9. The smallest absolute Gasteiger partial charge is 0.272 e. The van der Waals surface area contributed by atoms with Crippen LogP contribution in [0.25, 0.3) is 6.08 Å². The second-order valence-corrected chi connectivity index (χ2v) is 12.9. The van der Waals surface area contributed by atoms with Crippen LogP contribution in [0.4, 0.5) is 11.4 Å². The number of hydrogen-bond acceptors (Lipinski definition) is 7. The molecule has 0 saturated heterocycles. The molecule has 0 aliphatic rings. The third-order valence-corrected chi connectivity index (χ3v) is 9.45. The van der Waals surface area contributed by atoms with Gasteiger partial charge in [0.05, 0.1) is 21.3 Å². The lowest BCUT2D eigenvalue weighted by atomic mass is 10.1. The minimum atomic E-state index is -0.586. The Morgan fingerprint density at radius 2 is 1.40 bits per heavy atom. The van der Waals surface area contributed by atoms with Gasteiger partial charge in [-0.3, -0.25) is 14.4 Å². The molecule has 0 aliphatic heterocycles. The monoisotopic (exact) mass is 715 g/mol. The van der Waals surface area contributed by atoms with Crippen LogP contribution in [0.2, 0.25) is 0 Å². The molecule has 266 valence electrons. The van der Waals surface area contributed by atoms with Crippen molar-refractivity contribution in [3.8, 4) is 17.2 Å². The van der Waals surface area contributed by atoms with Crippen molar-refractivity contribution in [2.45, 2.75) is 30.4 Å². The fraction of sp³-hybridized carbons (Fsp3) is 0.167. The van der Waals surface area contributed by atoms with E-state index in [2.05, 4.69) is 22.9 Å². The van der Waals surface area contributed by atoms with Gasteiger partial charge < -0.3 is 30.2 Å². The van der Waals surface area contributed by atoms with E-state index in [0.717, 1.165) is 33.7 Å². The van der Waals surface area contributed by atoms with Gasteiger partial charge in [0.2, 0.25) is 11.7 Å². The van der Waals surface area contributed by atoms with Crippen LogP contribution in [-0.4, -0.2) is 39.1 Å². The predicted octanol–water partition coefficient (Wildman–Crippen LogP) is 8.46. The van der Waals surface area contributed by atoms with Crippen LogP contribution in [0.3, 0.4) is 0 Å². The molecule has 9 nitrogen and oxygen atoms in total. The number of anilines is 2. The van der Waals surface area contributed by atoms with Crippen molar-refractivity contribution in [2.75, 3.05) is 32.0 Å². The van der Waals surface area contributed by atoms with E-state index in [4.69, 9.17) is 14.2 Å². The number of para-hydroxylation sites is 1. The summed E-state index contributed by atoms with van der Waals surface area (Å²) in [6, 6.07) is 34.8. The zero-order chi connectivity index (χ0) is 37.0. The quantitative estimate of drug-likeness (QED) is 0.0781. The van der Waals surface area contributed by atoms with Gasteiger partial charge in [-0.25, -0.2) is 0 Å². The summed E-state index contributed by atoms with van der Waals surface area (Å²) in [7, 11) is 4.50. The lowest BCUT2D eigenvalue weighted by Gasteiger charge is -2.20. The van der Waals surface area contributed by atoms with Crippen LogP contribution in [0.15, 0.2) is 126 Å². The highest BCUT2D eigenvalue weighted by molar-refractivity contribution is 8.00. The van der Waals surface area contributed by atoms with E-state index in [1.54, 1.807) is 60.7 Å². The van der Waals surface area contributed by atoms with Gasteiger partial charge in [-0.15, -0.1) is 11.8 Å². The first-order valence-corrected chi connectivity index (χ1v) is 17.5. The number of rotatable bonds is 14. The second kappa shape index (κ2) is 17.8. The molecule has 1 unspecified atom stereocenters. The first-order valence-electron chi connectivity index (χ1n) is 16.6. The number of carbonyl (C=O) groups excluding carboxylic acids is 3. The number of nitrogens with one attached hydrogen (secondary N) is 3. The summed E-state index contributed by atoms with van der Waals surface area (Å²) in [5, 5.41) is 8.29. The number of hydrogen-bond donors (Lipinski definition) is 3. The summed E-state index contributed by atoms with van der Waals surface area (Å²) >= 11 is 1.37. The molecule has 0 aromatic heterocycles. The Morgan fingerprint density at radius 3 is 2.04 bits per heavy atom. The zero-order valence-corrected chi connectivity index (χ0v) is 30.5. The largest absolute Gasteiger partial charge is 0.493 e. The highest BCUT2D eigenvalue weighted by atomic mass is 32.2. The molecular formula is C42H41N3O6S. The van der Waals surface area contributed by atoms with Crippen LogP contribution >= 0.6 is 11.8 Å². The molecule has 3 N–H and O–H groups in total. The topological polar surface area (TPSA) is 115 Å². The molecule has 0 fully saturated rings. The Labute approximate surface area is 308 Å². The Bertz CT molecular complexity index is 2040. The number of aryl methyl sites for hydroxylation is 2. The van der Waals surface area contributed by atoms with E-state index in [1.165, 1.54) is 39.2 Å². The summed E-state index contributed by atoms with van der Waals surface area (Å²) in [6.45, 7) is 4.05. The molecule has 0 heterocycles. The van der Waals surface area contributed by atoms with Crippen molar-refractivity contribution < 1.29 is 28.6 Å². The van der Waals surface area contributed by atoms with E-state index >= 15 is 0 Å². The van der Waals surface area contributed by atoms with Crippen LogP contribution in [0.5, 0.6) is 17.2 Å². The summed E-state index contributed by atoms with van der Waals surface area (Å²) in [5.41, 5.74) is 5.06. The zero-order valence-electron chi connectivity index (χ0n) is 29.7. The van der Waals surface area contributed by atoms with Gasteiger partial charge in [0.1, 0.15) is 10.9 Å². The minimum absolute atomic E-state index is 0.0207. The summed E-state index contributed by atoms with van der Waals surface area (Å²) in [6.07, 6.45) is 2.31. The number of benzene rings is 5. The molecule has 0 saturated carbocycles. The van der Waals surface area contributed by atoms with Gasteiger partial charge in [-0.05, 0) is 84.1 Å². The molecule has 0 bridgehead atoms. The molecule has 1 atom stereocenters. The third-order valence-electron chi connectivity index (χ3n) is 8.20. The van der Waals surface area contributed by atoms with Crippen molar-refractivity contribution in [3.05, 3.63) is 149 Å². The van der Waals surface area contributed by atoms with Gasteiger partial charge in [0.25, 0.3) is 11.8 Å². The molecular weight excluding hydrogens is 675 g/mol. The summed E-state index contributed by atoms with van der Waals surface area (Å²) in [5.74, 6) is -0.0222. The first-order chi connectivity index (χ1) is 25.2. The minimum Gasteiger partial charge on any atom is -0.493 e. The van der Waals surface area contributed by atoms with Crippen LogP contribution in [-0.2, 0) is 16.0 Å². The Kier molecular flexibility index (Phi) is 12.7. The summed E-state index contributed by atoms with van der Waals surface area (Å²) in [4.78, 5) is 41.9. The lowest BCUT2D eigenvalue weighted by molar-refractivity contribution is -0.116. The number of amides is 3. The molecule has 0 aliphatic carbocycles. The average Bonchev–Trinajstić information content (AvgIpc) is 3.17. The predicted molar refractivity (Wildman–Crippen MR) is 207 cm³/mol. The number of thioether (sulfide) groups is 1. The first kappa shape index (κ1) is 37.3. The normalized spacial score (nSPS) is 11.6. The van der Waals surface area contributed by atoms with E-state index in [-0.39, 0.29) is 11.6 Å². The molecule has 0 spiro atoms. The standard InChI is InChI=1S/C42H41N3O6S/c1-6-29-20-13-15-27(2)37(29)45-42(48)39(30-16-9-7-10-17-30)52-33-22-14-21-32(26-33)43-41(47)34(44-40(46)31-18-11-8-12-19-31)23-28-24-35(49-3)38(51-5)36(25-28)50-4/h7-26,39H,6H2,1-5H3,(H,43,47)(H,44,46)(H,45,48)/b34-23+. The highest BCUT2D eigenvalue weighted by Gasteiger charge is 2.24. The van der Waals surface area contributed by atoms with Crippen molar-refractivity contribution in [1.82, 2.24) is 5.32 Å². The fourth-order valence-corrected chi connectivity index (χ4v) is 6.65. The molecule has 5 aromatic rings. The van der Waals surface area contributed by atoms with Gasteiger partial charge in [-0.1, -0.05) is 79.7 Å². The van der Waals surface area contributed by atoms with Gasteiger partial charge in [0.15, 0.2) is 11.5 Å². The SMILES string of the molecule is CCc1cccc(C)c1NC(=O)C(Sc1cccc(NC(=O)/C(=C\c2cc(OC)c(OC)c(OC)c2)NC(=O)c2ccccc2)c1)c1ccccc1. The molecule has 0 radical (unpaired) electrons. The lowest BCUT2D eigenvalue weighted by Crippen LogP contribution is -2.30. The Balaban J connectivity index is 1.44. The fourth-order valence-electron chi connectivity index (χ4n) is 5.57. The third kappa shape index (κ3) is 9.21. The van der Waals surface area contributed by atoms with Crippen molar-refractivity contribution in [1.29, 1.82) is 0 Å². The van der Waals surface area contributed by atoms with Crippen molar-refractivity contribution in [3.63, 3.8) is 0 Å². The van der Waals surface area contributed by atoms with E-state index < -0.39 is 17.1 Å². The van der Waals surface area contributed by atoms with Crippen molar-refractivity contribution in [2.24, 2.45) is 0 Å². The van der Waals surface area contributed by atoms with Gasteiger partial charge in [0, 0.05) is 21.8 Å². The highest BCUT2D eigenvalue weighted by Crippen LogP contribution is 2.40. The van der Waals surface area contributed by atoms with Crippen molar-refractivity contribution >= 4 is 46.9 Å². The molecule has 52 heavy (non-hydrogen) atoms. The maximum atomic E-state index is 13.9.